The molecular weight excluding hydrogens is 352 g/mol. The van der Waals surface area contributed by atoms with Crippen molar-refractivity contribution in [1.82, 2.24) is 19.9 Å². The summed E-state index contributed by atoms with van der Waals surface area (Å²) in [6.07, 6.45) is 2.57. The standard InChI is InChI=1S/C18H18N4O3S/c1-2-15(26-18-21-12-5-3-4-6-14(12)25-18)17(24)22-8-7-11-13(9-22)19-10-20-16(11)23/h3-6,10,15H,2,7-9H2,1H3,(H,19,20,23). The fraction of sp³-hybridized carbons (Fsp3) is 0.333. The molecule has 0 saturated carbocycles. The summed E-state index contributed by atoms with van der Waals surface area (Å²) in [5, 5.41) is 0.213. The van der Waals surface area contributed by atoms with Crippen molar-refractivity contribution in [3.05, 3.63) is 52.2 Å². The number of fused-ring (bicyclic) bond motifs is 2. The normalized spacial score (nSPS) is 15.0. The van der Waals surface area contributed by atoms with Gasteiger partial charge in [0.1, 0.15) is 5.52 Å². The molecule has 0 spiro atoms. The van der Waals surface area contributed by atoms with Crippen LogP contribution in [-0.4, -0.2) is 37.6 Å². The highest BCUT2D eigenvalue weighted by atomic mass is 32.2. The van der Waals surface area contributed by atoms with E-state index < -0.39 is 0 Å². The fourth-order valence-electron chi connectivity index (χ4n) is 3.09. The molecule has 1 aliphatic heterocycles. The number of nitrogens with one attached hydrogen (secondary N) is 1. The second-order valence-electron chi connectivity index (χ2n) is 6.13. The molecule has 8 heteroatoms. The summed E-state index contributed by atoms with van der Waals surface area (Å²) in [7, 11) is 0. The molecule has 0 aliphatic carbocycles. The molecule has 1 aliphatic rings. The Bertz CT molecular complexity index is 980. The molecule has 1 unspecified atom stereocenters. The van der Waals surface area contributed by atoms with E-state index in [0.29, 0.717) is 48.0 Å². The van der Waals surface area contributed by atoms with Gasteiger partial charge in [0.05, 0.1) is 23.8 Å². The first-order valence-corrected chi connectivity index (χ1v) is 9.40. The number of oxazole rings is 1. The second kappa shape index (κ2) is 6.95. The number of hydrogen-bond acceptors (Lipinski definition) is 6. The molecule has 0 bridgehead atoms. The zero-order chi connectivity index (χ0) is 18.1. The largest absolute Gasteiger partial charge is 0.431 e. The van der Waals surface area contributed by atoms with E-state index in [1.54, 1.807) is 4.90 Å². The van der Waals surface area contributed by atoms with Crippen LogP contribution in [0.3, 0.4) is 0 Å². The van der Waals surface area contributed by atoms with E-state index in [9.17, 15) is 9.59 Å². The number of rotatable bonds is 4. The van der Waals surface area contributed by atoms with Gasteiger partial charge in [0.25, 0.3) is 10.8 Å². The van der Waals surface area contributed by atoms with Crippen molar-refractivity contribution in [3.8, 4) is 0 Å². The predicted molar refractivity (Wildman–Crippen MR) is 97.9 cm³/mol. The van der Waals surface area contributed by atoms with Gasteiger partial charge in [0.2, 0.25) is 5.91 Å². The summed E-state index contributed by atoms with van der Waals surface area (Å²) in [5.74, 6) is 0.0208. The number of para-hydroxylation sites is 2. The molecular formula is C18H18N4O3S. The number of amides is 1. The lowest BCUT2D eigenvalue weighted by Gasteiger charge is -2.29. The quantitative estimate of drug-likeness (QED) is 0.709. The van der Waals surface area contributed by atoms with Crippen LogP contribution >= 0.6 is 11.8 Å². The minimum Gasteiger partial charge on any atom is -0.431 e. The van der Waals surface area contributed by atoms with Crippen LogP contribution in [0.4, 0.5) is 0 Å². The molecule has 1 aromatic carbocycles. The number of hydrogen-bond donors (Lipinski definition) is 1. The van der Waals surface area contributed by atoms with Crippen LogP contribution in [0, 0.1) is 0 Å². The van der Waals surface area contributed by atoms with Crippen LogP contribution in [0.15, 0.2) is 45.0 Å². The first kappa shape index (κ1) is 16.8. The summed E-state index contributed by atoms with van der Waals surface area (Å²) in [6, 6.07) is 7.54. The Morgan fingerprint density at radius 1 is 1.42 bits per heavy atom. The highest BCUT2D eigenvalue weighted by Gasteiger charge is 2.29. The molecule has 1 amide bonds. The van der Waals surface area contributed by atoms with Crippen molar-refractivity contribution in [2.75, 3.05) is 6.54 Å². The Labute approximate surface area is 153 Å². The minimum atomic E-state index is -0.286. The predicted octanol–water partition coefficient (Wildman–Crippen LogP) is 2.37. The van der Waals surface area contributed by atoms with Crippen molar-refractivity contribution in [3.63, 3.8) is 0 Å². The smallest absolute Gasteiger partial charge is 0.257 e. The van der Waals surface area contributed by atoms with Gasteiger partial charge in [-0.25, -0.2) is 9.97 Å². The van der Waals surface area contributed by atoms with E-state index in [1.807, 2.05) is 31.2 Å². The first-order chi connectivity index (χ1) is 12.7. The average molecular weight is 370 g/mol. The van der Waals surface area contributed by atoms with Crippen molar-refractivity contribution in [2.45, 2.75) is 36.8 Å². The third-order valence-corrected chi connectivity index (χ3v) is 5.68. The summed E-state index contributed by atoms with van der Waals surface area (Å²) in [6.45, 7) is 2.85. The molecule has 134 valence electrons. The van der Waals surface area contributed by atoms with Crippen LogP contribution < -0.4 is 5.56 Å². The summed E-state index contributed by atoms with van der Waals surface area (Å²) >= 11 is 1.34. The van der Waals surface area contributed by atoms with Crippen molar-refractivity contribution < 1.29 is 9.21 Å². The topological polar surface area (TPSA) is 92.1 Å². The van der Waals surface area contributed by atoms with Gasteiger partial charge in [-0.05, 0) is 25.0 Å². The zero-order valence-electron chi connectivity index (χ0n) is 14.3. The minimum absolute atomic E-state index is 0.0208. The van der Waals surface area contributed by atoms with Crippen LogP contribution in [0.5, 0.6) is 0 Å². The summed E-state index contributed by atoms with van der Waals surface area (Å²) in [5.41, 5.74) is 2.74. The average Bonchev–Trinajstić information content (AvgIpc) is 3.08. The highest BCUT2D eigenvalue weighted by Crippen LogP contribution is 2.30. The number of H-pyrrole nitrogens is 1. The number of benzene rings is 1. The Kier molecular flexibility index (Phi) is 4.50. The molecule has 0 fully saturated rings. The van der Waals surface area contributed by atoms with E-state index >= 15 is 0 Å². The Hall–Kier alpha value is -2.61. The SMILES string of the molecule is CCC(Sc1nc2ccccc2o1)C(=O)N1CCc2c(nc[nH]c2=O)C1. The molecule has 3 heterocycles. The molecule has 7 nitrogen and oxygen atoms in total. The number of aromatic amines is 1. The van der Waals surface area contributed by atoms with Crippen LogP contribution in [-0.2, 0) is 17.8 Å². The van der Waals surface area contributed by atoms with Gasteiger partial charge in [-0.1, -0.05) is 30.8 Å². The Morgan fingerprint density at radius 2 is 2.27 bits per heavy atom. The second-order valence-corrected chi connectivity index (χ2v) is 7.28. The number of carbonyl (C=O) groups excluding carboxylic acids is 1. The number of thioether (sulfide) groups is 1. The van der Waals surface area contributed by atoms with Gasteiger partial charge in [0, 0.05) is 12.1 Å². The summed E-state index contributed by atoms with van der Waals surface area (Å²) < 4.78 is 5.73. The molecule has 1 N–H and O–H groups in total. The molecule has 1 atom stereocenters. The molecule has 3 aromatic rings. The monoisotopic (exact) mass is 370 g/mol. The molecule has 2 aromatic heterocycles. The maximum Gasteiger partial charge on any atom is 0.257 e. The van der Waals surface area contributed by atoms with Gasteiger partial charge >= 0.3 is 0 Å². The van der Waals surface area contributed by atoms with Crippen molar-refractivity contribution in [2.24, 2.45) is 0 Å². The highest BCUT2D eigenvalue weighted by molar-refractivity contribution is 8.00. The fourth-order valence-corrected chi connectivity index (χ4v) is 4.04. The lowest BCUT2D eigenvalue weighted by atomic mass is 10.1. The van der Waals surface area contributed by atoms with Crippen LogP contribution in [0.25, 0.3) is 11.1 Å². The summed E-state index contributed by atoms with van der Waals surface area (Å²) in [4.78, 5) is 37.8. The molecule has 0 saturated heterocycles. The van der Waals surface area contributed by atoms with E-state index in [0.717, 1.165) is 5.52 Å². The zero-order valence-corrected chi connectivity index (χ0v) is 15.1. The van der Waals surface area contributed by atoms with Crippen LogP contribution in [0.2, 0.25) is 0 Å². The first-order valence-electron chi connectivity index (χ1n) is 8.52. The third kappa shape index (κ3) is 3.12. The number of nitrogens with zero attached hydrogens (tertiary/aromatic N) is 3. The Morgan fingerprint density at radius 3 is 3.08 bits per heavy atom. The lowest BCUT2D eigenvalue weighted by Crippen LogP contribution is -2.42. The lowest BCUT2D eigenvalue weighted by molar-refractivity contribution is -0.131. The Balaban J connectivity index is 1.51. The number of aromatic nitrogens is 3. The third-order valence-electron chi connectivity index (χ3n) is 4.49. The van der Waals surface area contributed by atoms with Crippen LogP contribution in [0.1, 0.15) is 24.6 Å². The van der Waals surface area contributed by atoms with Gasteiger partial charge in [-0.15, -0.1) is 0 Å². The van der Waals surface area contributed by atoms with Crippen molar-refractivity contribution in [1.29, 1.82) is 0 Å². The molecule has 4 rings (SSSR count). The maximum atomic E-state index is 13.0. The number of carbonyl (C=O) groups is 1. The van der Waals surface area contributed by atoms with E-state index in [4.69, 9.17) is 4.42 Å². The van der Waals surface area contributed by atoms with Crippen molar-refractivity contribution >= 4 is 28.8 Å². The van der Waals surface area contributed by atoms with E-state index in [-0.39, 0.29) is 16.7 Å². The molecule has 26 heavy (non-hydrogen) atoms. The van der Waals surface area contributed by atoms with Gasteiger partial charge < -0.3 is 14.3 Å². The maximum absolute atomic E-state index is 13.0. The van der Waals surface area contributed by atoms with E-state index in [1.165, 1.54) is 18.1 Å². The van der Waals surface area contributed by atoms with Gasteiger partial charge in [0.15, 0.2) is 5.58 Å². The van der Waals surface area contributed by atoms with E-state index in [2.05, 4.69) is 15.0 Å². The van der Waals surface area contributed by atoms with Gasteiger partial charge in [-0.3, -0.25) is 9.59 Å². The molecule has 0 radical (unpaired) electrons. The van der Waals surface area contributed by atoms with Gasteiger partial charge in [-0.2, -0.15) is 0 Å².